The topological polar surface area (TPSA) is 75.6 Å². The maximum Gasteiger partial charge on any atom is 0.229 e. The molecule has 2 N–H and O–H groups in total. The minimum atomic E-state index is -0.0965. The van der Waals surface area contributed by atoms with Gasteiger partial charge in [0.15, 0.2) is 11.1 Å². The molecule has 5 rings (SSSR count). The lowest BCUT2D eigenvalue weighted by atomic mass is 10.1. The Hall–Kier alpha value is -3.93. The lowest BCUT2D eigenvalue weighted by Gasteiger charge is -2.12. The van der Waals surface area contributed by atoms with Crippen LogP contribution in [0.15, 0.2) is 78.0 Å². The number of hydrogen-bond donors (Lipinski definition) is 2. The van der Waals surface area contributed by atoms with Gasteiger partial charge in [-0.3, -0.25) is 4.79 Å². The second-order valence-corrected chi connectivity index (χ2v) is 6.91. The first-order valence-electron chi connectivity index (χ1n) is 9.53. The second kappa shape index (κ2) is 6.91. The lowest BCUT2D eigenvalue weighted by molar-refractivity contribution is 1.04. The van der Waals surface area contributed by atoms with Gasteiger partial charge in [-0.2, -0.15) is 4.98 Å². The number of pyridine rings is 1. The van der Waals surface area contributed by atoms with Gasteiger partial charge in [0.2, 0.25) is 5.95 Å². The standard InChI is InChI=1S/C23H19N5O/c1-2-15-3-7-18(8-4-15)28-12-10-21(29)19-14-25-23(27-22(19)28)26-17-6-5-16-9-11-24-20(16)13-17/h3-14,24H,2H2,1H3,(H,25,26,27). The minimum Gasteiger partial charge on any atom is -0.361 e. The summed E-state index contributed by atoms with van der Waals surface area (Å²) >= 11 is 0. The number of hydrogen-bond acceptors (Lipinski definition) is 4. The molecule has 29 heavy (non-hydrogen) atoms. The van der Waals surface area contributed by atoms with Gasteiger partial charge in [0, 0.05) is 41.5 Å². The first-order valence-corrected chi connectivity index (χ1v) is 9.53. The second-order valence-electron chi connectivity index (χ2n) is 6.91. The minimum absolute atomic E-state index is 0.0965. The maximum absolute atomic E-state index is 12.3. The van der Waals surface area contributed by atoms with E-state index in [1.165, 1.54) is 5.56 Å². The molecule has 6 nitrogen and oxygen atoms in total. The molecule has 0 unspecified atom stereocenters. The molecular weight excluding hydrogens is 362 g/mol. The molecule has 5 aromatic rings. The van der Waals surface area contributed by atoms with Crippen molar-refractivity contribution in [2.45, 2.75) is 13.3 Å². The highest BCUT2D eigenvalue weighted by Gasteiger charge is 2.09. The average molecular weight is 381 g/mol. The van der Waals surface area contributed by atoms with Crippen molar-refractivity contribution in [3.05, 3.63) is 89.0 Å². The fraction of sp³-hybridized carbons (Fsp3) is 0.0870. The molecule has 0 radical (unpaired) electrons. The first-order chi connectivity index (χ1) is 14.2. The maximum atomic E-state index is 12.3. The Morgan fingerprint density at radius 3 is 2.76 bits per heavy atom. The SMILES string of the molecule is CCc1ccc(-n2ccc(=O)c3cnc(Nc4ccc5cc[nH]c5c4)nc32)cc1. The number of benzene rings is 2. The third-order valence-corrected chi connectivity index (χ3v) is 5.07. The fourth-order valence-electron chi connectivity index (χ4n) is 3.45. The van der Waals surface area contributed by atoms with Crippen molar-refractivity contribution in [1.82, 2.24) is 19.5 Å². The molecule has 2 aromatic carbocycles. The Kier molecular flexibility index (Phi) is 4.09. The molecule has 3 heterocycles. The molecule has 0 aliphatic rings. The van der Waals surface area contributed by atoms with E-state index < -0.39 is 0 Å². The fourth-order valence-corrected chi connectivity index (χ4v) is 3.45. The molecule has 0 fully saturated rings. The molecule has 0 bridgehead atoms. The van der Waals surface area contributed by atoms with Gasteiger partial charge < -0.3 is 14.9 Å². The number of aryl methyl sites for hydroxylation is 1. The monoisotopic (exact) mass is 381 g/mol. The largest absolute Gasteiger partial charge is 0.361 e. The van der Waals surface area contributed by atoms with E-state index in [9.17, 15) is 4.79 Å². The van der Waals surface area contributed by atoms with Crippen LogP contribution in [-0.2, 0) is 6.42 Å². The Morgan fingerprint density at radius 2 is 1.93 bits per heavy atom. The molecule has 0 amide bonds. The van der Waals surface area contributed by atoms with Crippen molar-refractivity contribution in [1.29, 1.82) is 0 Å². The van der Waals surface area contributed by atoms with E-state index in [0.717, 1.165) is 28.7 Å². The Morgan fingerprint density at radius 1 is 1.07 bits per heavy atom. The Balaban J connectivity index is 1.59. The number of nitrogens with one attached hydrogen (secondary N) is 2. The van der Waals surface area contributed by atoms with Crippen LogP contribution in [0.3, 0.4) is 0 Å². The zero-order valence-electron chi connectivity index (χ0n) is 15.9. The van der Waals surface area contributed by atoms with Crippen molar-refractivity contribution in [3.63, 3.8) is 0 Å². The summed E-state index contributed by atoms with van der Waals surface area (Å²) in [4.78, 5) is 24.5. The first kappa shape index (κ1) is 17.2. The summed E-state index contributed by atoms with van der Waals surface area (Å²) in [6.45, 7) is 2.12. The number of rotatable bonds is 4. The highest BCUT2D eigenvalue weighted by Crippen LogP contribution is 2.21. The Labute approximate surface area is 166 Å². The molecule has 0 aliphatic carbocycles. The molecule has 0 saturated carbocycles. The van der Waals surface area contributed by atoms with Crippen LogP contribution in [0, 0.1) is 0 Å². The third-order valence-electron chi connectivity index (χ3n) is 5.07. The van der Waals surface area contributed by atoms with Crippen LogP contribution in [0.2, 0.25) is 0 Å². The van der Waals surface area contributed by atoms with E-state index in [1.54, 1.807) is 18.5 Å². The molecule has 6 heteroatoms. The van der Waals surface area contributed by atoms with Gasteiger partial charge in [0.25, 0.3) is 0 Å². The van der Waals surface area contributed by atoms with Gasteiger partial charge in [-0.15, -0.1) is 0 Å². The van der Waals surface area contributed by atoms with Crippen LogP contribution in [0.5, 0.6) is 0 Å². The highest BCUT2D eigenvalue weighted by atomic mass is 16.1. The van der Waals surface area contributed by atoms with Crippen molar-refractivity contribution >= 4 is 33.6 Å². The van der Waals surface area contributed by atoms with Gasteiger partial charge in [0.05, 0.1) is 5.39 Å². The number of aromatic amines is 1. The molecular formula is C23H19N5O. The zero-order valence-corrected chi connectivity index (χ0v) is 15.9. The van der Waals surface area contributed by atoms with E-state index in [0.29, 0.717) is 17.0 Å². The van der Waals surface area contributed by atoms with Gasteiger partial charge in [-0.25, -0.2) is 4.98 Å². The number of fused-ring (bicyclic) bond motifs is 2. The van der Waals surface area contributed by atoms with E-state index >= 15 is 0 Å². The van der Waals surface area contributed by atoms with Gasteiger partial charge in [-0.05, 0) is 47.7 Å². The van der Waals surface area contributed by atoms with Crippen LogP contribution in [0.1, 0.15) is 12.5 Å². The predicted molar refractivity (Wildman–Crippen MR) is 116 cm³/mol. The van der Waals surface area contributed by atoms with E-state index in [2.05, 4.69) is 39.3 Å². The van der Waals surface area contributed by atoms with Crippen LogP contribution in [-0.4, -0.2) is 19.5 Å². The molecule has 142 valence electrons. The van der Waals surface area contributed by atoms with E-state index in [4.69, 9.17) is 0 Å². The van der Waals surface area contributed by atoms with Gasteiger partial charge in [0.1, 0.15) is 0 Å². The highest BCUT2D eigenvalue weighted by molar-refractivity contribution is 5.84. The summed E-state index contributed by atoms with van der Waals surface area (Å²) in [5, 5.41) is 4.86. The van der Waals surface area contributed by atoms with Crippen molar-refractivity contribution in [2.24, 2.45) is 0 Å². The molecule has 0 saturated heterocycles. The zero-order chi connectivity index (χ0) is 19.8. The van der Waals surface area contributed by atoms with Crippen molar-refractivity contribution in [2.75, 3.05) is 5.32 Å². The van der Waals surface area contributed by atoms with Gasteiger partial charge in [-0.1, -0.05) is 25.1 Å². The Bertz CT molecular complexity index is 1380. The lowest BCUT2D eigenvalue weighted by Crippen LogP contribution is -2.10. The number of nitrogens with zero attached hydrogens (tertiary/aromatic N) is 3. The number of aromatic nitrogens is 4. The summed E-state index contributed by atoms with van der Waals surface area (Å²) in [7, 11) is 0. The van der Waals surface area contributed by atoms with Crippen LogP contribution >= 0.6 is 0 Å². The molecule has 3 aromatic heterocycles. The van der Waals surface area contributed by atoms with Crippen LogP contribution in [0.25, 0.3) is 27.6 Å². The normalized spacial score (nSPS) is 11.2. The predicted octanol–water partition coefficient (Wildman–Crippen LogP) is 4.57. The third kappa shape index (κ3) is 3.14. The molecule has 0 aliphatic heterocycles. The summed E-state index contributed by atoms with van der Waals surface area (Å²) in [6.07, 6.45) is 6.22. The summed E-state index contributed by atoms with van der Waals surface area (Å²) in [6, 6.07) is 17.8. The number of anilines is 2. The summed E-state index contributed by atoms with van der Waals surface area (Å²) in [5.74, 6) is 0.438. The molecule has 0 atom stereocenters. The smallest absolute Gasteiger partial charge is 0.229 e. The van der Waals surface area contributed by atoms with Crippen molar-refractivity contribution in [3.8, 4) is 5.69 Å². The summed E-state index contributed by atoms with van der Waals surface area (Å²) in [5.41, 5.74) is 4.58. The summed E-state index contributed by atoms with van der Waals surface area (Å²) < 4.78 is 1.91. The number of H-pyrrole nitrogens is 1. The van der Waals surface area contributed by atoms with Gasteiger partial charge >= 0.3 is 0 Å². The van der Waals surface area contributed by atoms with E-state index in [-0.39, 0.29) is 5.43 Å². The van der Waals surface area contributed by atoms with Crippen LogP contribution in [0.4, 0.5) is 11.6 Å². The average Bonchev–Trinajstić information content (AvgIpc) is 3.22. The quantitative estimate of drug-likeness (QED) is 0.478. The van der Waals surface area contributed by atoms with Crippen molar-refractivity contribution < 1.29 is 0 Å². The molecule has 0 spiro atoms. The van der Waals surface area contributed by atoms with E-state index in [1.807, 2.05) is 47.2 Å². The van der Waals surface area contributed by atoms with Crippen LogP contribution < -0.4 is 10.7 Å².